The van der Waals surface area contributed by atoms with Crippen molar-refractivity contribution in [3.63, 3.8) is 0 Å². The highest BCUT2D eigenvalue weighted by Gasteiger charge is 2.12. The van der Waals surface area contributed by atoms with Gasteiger partial charge in [0.2, 0.25) is 0 Å². The van der Waals surface area contributed by atoms with E-state index in [9.17, 15) is 0 Å². The molecular formula is C16H24N2O2. The molecule has 1 saturated carbocycles. The van der Waals surface area contributed by atoms with Gasteiger partial charge in [-0.15, -0.1) is 0 Å². The molecule has 110 valence electrons. The van der Waals surface area contributed by atoms with E-state index in [4.69, 9.17) is 20.6 Å². The van der Waals surface area contributed by atoms with Crippen LogP contribution in [0.2, 0.25) is 0 Å². The molecule has 2 rings (SSSR count). The van der Waals surface area contributed by atoms with Gasteiger partial charge >= 0.3 is 0 Å². The lowest BCUT2D eigenvalue weighted by Gasteiger charge is -2.21. The number of ether oxygens (including phenoxy) is 2. The molecule has 1 aromatic carbocycles. The van der Waals surface area contributed by atoms with Crippen LogP contribution in [-0.2, 0) is 4.74 Å². The minimum absolute atomic E-state index is 0.0763. The number of hydrogen-bond donors (Lipinski definition) is 2. The number of nitrogens with one attached hydrogen (secondary N) is 1. The van der Waals surface area contributed by atoms with Crippen LogP contribution in [0.5, 0.6) is 5.75 Å². The Hall–Kier alpha value is -1.55. The van der Waals surface area contributed by atoms with E-state index in [1.54, 1.807) is 12.1 Å². The van der Waals surface area contributed by atoms with E-state index in [0.717, 1.165) is 18.3 Å². The van der Waals surface area contributed by atoms with Gasteiger partial charge < -0.3 is 15.2 Å². The smallest absolute Gasteiger partial charge is 0.122 e. The van der Waals surface area contributed by atoms with Crippen LogP contribution in [0.3, 0.4) is 0 Å². The predicted molar refractivity (Wildman–Crippen MR) is 80.3 cm³/mol. The minimum atomic E-state index is 0.0763. The highest BCUT2D eigenvalue weighted by atomic mass is 16.5. The van der Waals surface area contributed by atoms with Crippen molar-refractivity contribution in [2.45, 2.75) is 32.1 Å². The zero-order valence-corrected chi connectivity index (χ0v) is 11.9. The Kier molecular flexibility index (Phi) is 5.87. The van der Waals surface area contributed by atoms with Crippen LogP contribution in [-0.4, -0.2) is 25.7 Å². The third-order valence-corrected chi connectivity index (χ3v) is 3.74. The van der Waals surface area contributed by atoms with E-state index in [-0.39, 0.29) is 5.84 Å². The summed E-state index contributed by atoms with van der Waals surface area (Å²) in [6.45, 7) is 2.06. The molecule has 0 spiro atoms. The molecule has 4 heteroatoms. The Bertz CT molecular complexity index is 411. The predicted octanol–water partition coefficient (Wildman–Crippen LogP) is 2.95. The zero-order chi connectivity index (χ0) is 14.2. The lowest BCUT2D eigenvalue weighted by atomic mass is 9.90. The summed E-state index contributed by atoms with van der Waals surface area (Å²) in [5, 5.41) is 7.31. The summed E-state index contributed by atoms with van der Waals surface area (Å²) in [4.78, 5) is 0. The molecule has 1 aliphatic carbocycles. The lowest BCUT2D eigenvalue weighted by Crippen LogP contribution is -2.16. The standard InChI is InChI=1S/C16H24N2O2/c17-16(18)14-6-8-15(9-7-14)20-11-10-19-12-13-4-2-1-3-5-13/h6-9,13H,1-5,10-12H2,(H3,17,18). The van der Waals surface area contributed by atoms with E-state index in [2.05, 4.69) is 0 Å². The van der Waals surface area contributed by atoms with Crippen molar-refractivity contribution in [2.75, 3.05) is 19.8 Å². The number of hydrogen-bond acceptors (Lipinski definition) is 3. The summed E-state index contributed by atoms with van der Waals surface area (Å²) in [7, 11) is 0. The van der Waals surface area contributed by atoms with Crippen molar-refractivity contribution in [2.24, 2.45) is 11.7 Å². The molecule has 0 aromatic heterocycles. The lowest BCUT2D eigenvalue weighted by molar-refractivity contribution is 0.0635. The first-order valence-corrected chi connectivity index (χ1v) is 7.40. The van der Waals surface area contributed by atoms with Crippen molar-refractivity contribution in [3.8, 4) is 5.75 Å². The van der Waals surface area contributed by atoms with E-state index < -0.39 is 0 Å². The summed E-state index contributed by atoms with van der Waals surface area (Å²) in [6, 6.07) is 7.25. The molecule has 0 heterocycles. The summed E-state index contributed by atoms with van der Waals surface area (Å²) in [5.41, 5.74) is 6.11. The fraction of sp³-hybridized carbons (Fsp3) is 0.562. The van der Waals surface area contributed by atoms with E-state index in [1.165, 1.54) is 32.1 Å². The normalized spacial score (nSPS) is 16.0. The van der Waals surface area contributed by atoms with Gasteiger partial charge in [-0.1, -0.05) is 19.3 Å². The van der Waals surface area contributed by atoms with Crippen molar-refractivity contribution < 1.29 is 9.47 Å². The quantitative estimate of drug-likeness (QED) is 0.457. The van der Waals surface area contributed by atoms with Crippen LogP contribution in [0.1, 0.15) is 37.7 Å². The molecule has 20 heavy (non-hydrogen) atoms. The van der Waals surface area contributed by atoms with Gasteiger partial charge in [0.1, 0.15) is 18.2 Å². The van der Waals surface area contributed by atoms with Crippen molar-refractivity contribution in [1.29, 1.82) is 5.41 Å². The Morgan fingerprint density at radius 3 is 2.45 bits per heavy atom. The Morgan fingerprint density at radius 1 is 1.10 bits per heavy atom. The number of nitrogens with two attached hydrogens (primary N) is 1. The van der Waals surface area contributed by atoms with Gasteiger partial charge in [-0.05, 0) is 43.0 Å². The molecule has 0 atom stereocenters. The largest absolute Gasteiger partial charge is 0.491 e. The number of benzene rings is 1. The summed E-state index contributed by atoms with van der Waals surface area (Å²) in [5.74, 6) is 1.61. The van der Waals surface area contributed by atoms with Gasteiger partial charge in [0.25, 0.3) is 0 Å². The van der Waals surface area contributed by atoms with Gasteiger partial charge in [0.15, 0.2) is 0 Å². The number of amidine groups is 1. The van der Waals surface area contributed by atoms with Gasteiger partial charge in [0, 0.05) is 12.2 Å². The SMILES string of the molecule is N=C(N)c1ccc(OCCOCC2CCCCC2)cc1. The van der Waals surface area contributed by atoms with Crippen LogP contribution in [0.4, 0.5) is 0 Å². The molecule has 0 radical (unpaired) electrons. The fourth-order valence-electron chi connectivity index (χ4n) is 2.55. The minimum Gasteiger partial charge on any atom is -0.491 e. The molecule has 0 saturated heterocycles. The topological polar surface area (TPSA) is 68.3 Å². The maximum atomic E-state index is 7.31. The second kappa shape index (κ2) is 7.90. The summed E-state index contributed by atoms with van der Waals surface area (Å²) < 4.78 is 11.3. The van der Waals surface area contributed by atoms with Crippen LogP contribution < -0.4 is 10.5 Å². The summed E-state index contributed by atoms with van der Waals surface area (Å²) >= 11 is 0. The molecule has 3 N–H and O–H groups in total. The van der Waals surface area contributed by atoms with E-state index in [0.29, 0.717) is 18.8 Å². The fourth-order valence-corrected chi connectivity index (χ4v) is 2.55. The van der Waals surface area contributed by atoms with Gasteiger partial charge in [-0.2, -0.15) is 0 Å². The Balaban J connectivity index is 1.59. The van der Waals surface area contributed by atoms with E-state index in [1.807, 2.05) is 12.1 Å². The average Bonchev–Trinajstić information content (AvgIpc) is 2.48. The average molecular weight is 276 g/mol. The van der Waals surface area contributed by atoms with Crippen LogP contribution in [0, 0.1) is 11.3 Å². The first kappa shape index (κ1) is 14.9. The second-order valence-corrected chi connectivity index (χ2v) is 5.37. The number of rotatable bonds is 7. The first-order valence-electron chi connectivity index (χ1n) is 7.40. The Labute approximate surface area is 120 Å². The molecule has 0 amide bonds. The highest BCUT2D eigenvalue weighted by molar-refractivity contribution is 5.94. The van der Waals surface area contributed by atoms with E-state index >= 15 is 0 Å². The monoisotopic (exact) mass is 276 g/mol. The third-order valence-electron chi connectivity index (χ3n) is 3.74. The van der Waals surface area contributed by atoms with Crippen LogP contribution >= 0.6 is 0 Å². The van der Waals surface area contributed by atoms with Crippen LogP contribution in [0.15, 0.2) is 24.3 Å². The maximum Gasteiger partial charge on any atom is 0.122 e. The maximum absolute atomic E-state index is 7.31. The van der Waals surface area contributed by atoms with Gasteiger partial charge in [-0.25, -0.2) is 0 Å². The molecule has 1 fully saturated rings. The summed E-state index contributed by atoms with van der Waals surface area (Å²) in [6.07, 6.45) is 6.72. The third kappa shape index (κ3) is 4.85. The molecule has 0 unspecified atom stereocenters. The van der Waals surface area contributed by atoms with Crippen LogP contribution in [0.25, 0.3) is 0 Å². The molecule has 1 aromatic rings. The Morgan fingerprint density at radius 2 is 1.80 bits per heavy atom. The zero-order valence-electron chi connectivity index (χ0n) is 11.9. The van der Waals surface area contributed by atoms with Crippen molar-refractivity contribution >= 4 is 5.84 Å². The second-order valence-electron chi connectivity index (χ2n) is 5.37. The molecule has 0 bridgehead atoms. The molecule has 1 aliphatic rings. The van der Waals surface area contributed by atoms with Gasteiger partial charge in [0.05, 0.1) is 6.61 Å². The molecule has 4 nitrogen and oxygen atoms in total. The first-order chi connectivity index (χ1) is 9.75. The molecular weight excluding hydrogens is 252 g/mol. The molecule has 0 aliphatic heterocycles. The van der Waals surface area contributed by atoms with Crippen molar-refractivity contribution in [1.82, 2.24) is 0 Å². The van der Waals surface area contributed by atoms with Crippen molar-refractivity contribution in [3.05, 3.63) is 29.8 Å². The van der Waals surface area contributed by atoms with Gasteiger partial charge in [-0.3, -0.25) is 5.41 Å². The number of nitrogen functional groups attached to an aromatic ring is 1. The highest BCUT2D eigenvalue weighted by Crippen LogP contribution is 2.23.